The molecule has 80 valence electrons. The summed E-state index contributed by atoms with van der Waals surface area (Å²) in [4.78, 5) is 11.5. The maximum atomic E-state index is 11.5. The molecule has 1 aliphatic rings. The SMILES string of the molecule is C/C(C(=O)OC(C)C)=C1\CCC(C)O1. The summed E-state index contributed by atoms with van der Waals surface area (Å²) in [5, 5.41) is 0. The number of carbonyl (C=O) groups is 1. The molecule has 0 N–H and O–H groups in total. The minimum absolute atomic E-state index is 0.0723. The third-order valence-electron chi connectivity index (χ3n) is 2.19. The number of rotatable bonds is 2. The molecule has 0 aromatic rings. The minimum atomic E-state index is -0.260. The second kappa shape index (κ2) is 4.49. The first-order valence-corrected chi connectivity index (χ1v) is 5.08. The van der Waals surface area contributed by atoms with E-state index >= 15 is 0 Å². The number of esters is 1. The summed E-state index contributed by atoms with van der Waals surface area (Å²) in [5.74, 6) is 0.534. The van der Waals surface area contributed by atoms with Gasteiger partial charge in [0.25, 0.3) is 0 Å². The van der Waals surface area contributed by atoms with Crippen molar-refractivity contribution in [3.05, 3.63) is 11.3 Å². The van der Waals surface area contributed by atoms with Gasteiger partial charge in [0.15, 0.2) is 0 Å². The molecule has 0 aliphatic carbocycles. The van der Waals surface area contributed by atoms with Gasteiger partial charge in [0.05, 0.1) is 17.8 Å². The Labute approximate surface area is 85.1 Å². The van der Waals surface area contributed by atoms with Crippen LogP contribution in [0.4, 0.5) is 0 Å². The molecule has 3 nitrogen and oxygen atoms in total. The van der Waals surface area contributed by atoms with Crippen molar-refractivity contribution in [3.63, 3.8) is 0 Å². The molecule has 1 unspecified atom stereocenters. The summed E-state index contributed by atoms with van der Waals surface area (Å²) < 4.78 is 10.6. The first kappa shape index (κ1) is 11.1. The third kappa shape index (κ3) is 2.76. The molecule has 0 aromatic heterocycles. The summed E-state index contributed by atoms with van der Waals surface area (Å²) in [6.45, 7) is 7.45. The quantitative estimate of drug-likeness (QED) is 0.505. The van der Waals surface area contributed by atoms with Crippen molar-refractivity contribution in [1.29, 1.82) is 0 Å². The van der Waals surface area contributed by atoms with Gasteiger partial charge < -0.3 is 9.47 Å². The highest BCUT2D eigenvalue weighted by Gasteiger charge is 2.22. The van der Waals surface area contributed by atoms with Crippen LogP contribution in [0.5, 0.6) is 0 Å². The molecule has 0 saturated carbocycles. The number of carbonyl (C=O) groups excluding carboxylic acids is 1. The van der Waals surface area contributed by atoms with Crippen molar-refractivity contribution in [1.82, 2.24) is 0 Å². The van der Waals surface area contributed by atoms with E-state index in [9.17, 15) is 4.79 Å². The molecule has 14 heavy (non-hydrogen) atoms. The van der Waals surface area contributed by atoms with Crippen molar-refractivity contribution >= 4 is 5.97 Å². The van der Waals surface area contributed by atoms with Crippen molar-refractivity contribution in [2.75, 3.05) is 0 Å². The molecule has 1 atom stereocenters. The second-order valence-electron chi connectivity index (χ2n) is 3.97. The molecule has 1 saturated heterocycles. The van der Waals surface area contributed by atoms with Gasteiger partial charge in [0, 0.05) is 6.42 Å². The fourth-order valence-electron chi connectivity index (χ4n) is 1.39. The molecule has 0 radical (unpaired) electrons. The molecule has 1 heterocycles. The lowest BCUT2D eigenvalue weighted by atomic mass is 10.2. The molecular weight excluding hydrogens is 180 g/mol. The Bertz CT molecular complexity index is 253. The van der Waals surface area contributed by atoms with E-state index in [1.807, 2.05) is 20.8 Å². The van der Waals surface area contributed by atoms with E-state index in [4.69, 9.17) is 9.47 Å². The van der Waals surface area contributed by atoms with E-state index in [0.29, 0.717) is 5.57 Å². The molecule has 0 amide bonds. The van der Waals surface area contributed by atoms with E-state index in [0.717, 1.165) is 18.6 Å². The Morgan fingerprint density at radius 2 is 2.21 bits per heavy atom. The number of ether oxygens (including phenoxy) is 2. The van der Waals surface area contributed by atoms with E-state index in [-0.39, 0.29) is 18.2 Å². The van der Waals surface area contributed by atoms with Crippen LogP contribution in [0.15, 0.2) is 11.3 Å². The lowest BCUT2D eigenvalue weighted by molar-refractivity contribution is -0.142. The van der Waals surface area contributed by atoms with Crippen LogP contribution in [0.3, 0.4) is 0 Å². The summed E-state index contributed by atoms with van der Waals surface area (Å²) in [6.07, 6.45) is 1.99. The Morgan fingerprint density at radius 3 is 2.64 bits per heavy atom. The second-order valence-corrected chi connectivity index (χ2v) is 3.97. The molecule has 3 heteroatoms. The fraction of sp³-hybridized carbons (Fsp3) is 0.727. The maximum Gasteiger partial charge on any atom is 0.337 e. The summed E-state index contributed by atoms with van der Waals surface area (Å²) in [5.41, 5.74) is 0.614. The van der Waals surface area contributed by atoms with Crippen LogP contribution in [0.1, 0.15) is 40.5 Å². The van der Waals surface area contributed by atoms with Gasteiger partial charge in [-0.1, -0.05) is 0 Å². The van der Waals surface area contributed by atoms with Crippen LogP contribution in [-0.4, -0.2) is 18.2 Å². The zero-order chi connectivity index (χ0) is 10.7. The van der Waals surface area contributed by atoms with E-state index in [1.54, 1.807) is 6.92 Å². The average molecular weight is 198 g/mol. The van der Waals surface area contributed by atoms with Crippen molar-refractivity contribution in [2.24, 2.45) is 0 Å². The van der Waals surface area contributed by atoms with Gasteiger partial charge in [-0.05, 0) is 34.1 Å². The Morgan fingerprint density at radius 1 is 1.57 bits per heavy atom. The van der Waals surface area contributed by atoms with E-state index in [1.165, 1.54) is 0 Å². The highest BCUT2D eigenvalue weighted by atomic mass is 16.5. The van der Waals surface area contributed by atoms with Crippen LogP contribution in [-0.2, 0) is 14.3 Å². The van der Waals surface area contributed by atoms with Gasteiger partial charge in [-0.15, -0.1) is 0 Å². The molecule has 1 aliphatic heterocycles. The summed E-state index contributed by atoms with van der Waals surface area (Å²) >= 11 is 0. The van der Waals surface area contributed by atoms with E-state index < -0.39 is 0 Å². The predicted molar refractivity (Wildman–Crippen MR) is 53.7 cm³/mol. The third-order valence-corrected chi connectivity index (χ3v) is 2.19. The van der Waals surface area contributed by atoms with Crippen LogP contribution in [0, 0.1) is 0 Å². The van der Waals surface area contributed by atoms with Gasteiger partial charge in [-0.3, -0.25) is 0 Å². The zero-order valence-electron chi connectivity index (χ0n) is 9.29. The average Bonchev–Trinajstić information content (AvgIpc) is 2.49. The number of hydrogen-bond donors (Lipinski definition) is 0. The molecule has 0 bridgehead atoms. The summed E-state index contributed by atoms with van der Waals surface area (Å²) in [6, 6.07) is 0. The number of allylic oxidation sites excluding steroid dienone is 1. The van der Waals surface area contributed by atoms with Gasteiger partial charge in [-0.2, -0.15) is 0 Å². The van der Waals surface area contributed by atoms with Crippen molar-refractivity contribution < 1.29 is 14.3 Å². The fourth-order valence-corrected chi connectivity index (χ4v) is 1.39. The van der Waals surface area contributed by atoms with Gasteiger partial charge in [-0.25, -0.2) is 4.79 Å². The number of hydrogen-bond acceptors (Lipinski definition) is 3. The zero-order valence-corrected chi connectivity index (χ0v) is 9.29. The molecular formula is C11H18O3. The lowest BCUT2D eigenvalue weighted by Gasteiger charge is -2.10. The topological polar surface area (TPSA) is 35.5 Å². The standard InChI is InChI=1S/C11H18O3/c1-7(2)13-11(12)9(4)10-6-5-8(3)14-10/h7-8H,5-6H2,1-4H3/b10-9-. The molecule has 1 rings (SSSR count). The predicted octanol–water partition coefficient (Wildman–Crippen LogP) is 2.41. The monoisotopic (exact) mass is 198 g/mol. The van der Waals surface area contributed by atoms with Crippen molar-refractivity contribution in [2.45, 2.75) is 52.7 Å². The van der Waals surface area contributed by atoms with Gasteiger partial charge in [0.1, 0.15) is 5.76 Å². The highest BCUT2D eigenvalue weighted by molar-refractivity contribution is 5.88. The first-order chi connectivity index (χ1) is 6.50. The van der Waals surface area contributed by atoms with Crippen LogP contribution < -0.4 is 0 Å². The Balaban J connectivity index is 2.63. The van der Waals surface area contributed by atoms with Crippen molar-refractivity contribution in [3.8, 4) is 0 Å². The highest BCUT2D eigenvalue weighted by Crippen LogP contribution is 2.25. The lowest BCUT2D eigenvalue weighted by Crippen LogP contribution is -2.13. The smallest absolute Gasteiger partial charge is 0.337 e. The Hall–Kier alpha value is -0.990. The van der Waals surface area contributed by atoms with Crippen LogP contribution in [0.25, 0.3) is 0 Å². The molecule has 0 aromatic carbocycles. The molecule has 1 fully saturated rings. The summed E-state index contributed by atoms with van der Waals surface area (Å²) in [7, 11) is 0. The van der Waals surface area contributed by atoms with Crippen LogP contribution in [0.2, 0.25) is 0 Å². The minimum Gasteiger partial charge on any atom is -0.495 e. The van der Waals surface area contributed by atoms with Gasteiger partial charge in [0.2, 0.25) is 0 Å². The maximum absolute atomic E-state index is 11.5. The van der Waals surface area contributed by atoms with Gasteiger partial charge >= 0.3 is 5.97 Å². The molecule has 0 spiro atoms. The normalized spacial score (nSPS) is 24.8. The van der Waals surface area contributed by atoms with Crippen LogP contribution >= 0.6 is 0 Å². The Kier molecular flexibility index (Phi) is 3.55. The first-order valence-electron chi connectivity index (χ1n) is 5.08. The largest absolute Gasteiger partial charge is 0.495 e. The van der Waals surface area contributed by atoms with E-state index in [2.05, 4.69) is 0 Å².